The first kappa shape index (κ1) is 19.4. The largest absolute Gasteiger partial charge is 0.481 e. The molecule has 0 fully saturated rings. The summed E-state index contributed by atoms with van der Waals surface area (Å²) in [4.78, 5) is 25.6. The number of nitrogens with one attached hydrogen (secondary N) is 1. The molecule has 148 valence electrons. The van der Waals surface area contributed by atoms with E-state index < -0.39 is 6.10 Å². The van der Waals surface area contributed by atoms with Gasteiger partial charge in [0.05, 0.1) is 5.69 Å². The maximum absolute atomic E-state index is 12.9. The molecule has 4 heteroatoms. The van der Waals surface area contributed by atoms with Crippen LogP contribution in [0.1, 0.15) is 22.8 Å². The van der Waals surface area contributed by atoms with Crippen molar-refractivity contribution in [3.8, 4) is 5.75 Å². The maximum atomic E-state index is 12.9. The molecule has 0 aromatic heterocycles. The molecule has 0 saturated carbocycles. The Morgan fingerprint density at radius 3 is 2.23 bits per heavy atom. The lowest BCUT2D eigenvalue weighted by atomic mass is 10.0. The van der Waals surface area contributed by atoms with Crippen molar-refractivity contribution in [2.45, 2.75) is 13.0 Å². The second kappa shape index (κ2) is 8.62. The van der Waals surface area contributed by atoms with Gasteiger partial charge >= 0.3 is 0 Å². The van der Waals surface area contributed by atoms with Crippen LogP contribution in [-0.4, -0.2) is 17.8 Å². The number of amides is 1. The van der Waals surface area contributed by atoms with E-state index >= 15 is 0 Å². The third-order valence-corrected chi connectivity index (χ3v) is 4.87. The predicted molar refractivity (Wildman–Crippen MR) is 119 cm³/mol. The summed E-state index contributed by atoms with van der Waals surface area (Å²) < 4.78 is 5.84. The summed E-state index contributed by atoms with van der Waals surface area (Å²) in [6, 6.07) is 29.7. The third kappa shape index (κ3) is 4.23. The summed E-state index contributed by atoms with van der Waals surface area (Å²) in [7, 11) is 0. The first-order valence-electron chi connectivity index (χ1n) is 9.77. The molecule has 4 aromatic rings. The molecule has 0 aliphatic carbocycles. The van der Waals surface area contributed by atoms with Gasteiger partial charge in [-0.3, -0.25) is 9.59 Å². The summed E-state index contributed by atoms with van der Waals surface area (Å²) in [5.74, 6) is 0.149. The zero-order valence-corrected chi connectivity index (χ0v) is 16.5. The van der Waals surface area contributed by atoms with Crippen LogP contribution >= 0.6 is 0 Å². The van der Waals surface area contributed by atoms with E-state index in [-0.39, 0.29) is 11.7 Å². The minimum absolute atomic E-state index is 0.144. The molecule has 0 spiro atoms. The lowest BCUT2D eigenvalue weighted by molar-refractivity contribution is -0.122. The average molecular weight is 395 g/mol. The van der Waals surface area contributed by atoms with Gasteiger partial charge in [-0.25, -0.2) is 0 Å². The van der Waals surface area contributed by atoms with Gasteiger partial charge in [-0.2, -0.15) is 0 Å². The number of benzene rings is 4. The molecule has 0 unspecified atom stereocenters. The summed E-state index contributed by atoms with van der Waals surface area (Å²) in [5, 5.41) is 4.98. The molecule has 0 heterocycles. The third-order valence-electron chi connectivity index (χ3n) is 4.87. The Labute approximate surface area is 175 Å². The summed E-state index contributed by atoms with van der Waals surface area (Å²) >= 11 is 0. The molecule has 0 aliphatic rings. The van der Waals surface area contributed by atoms with Gasteiger partial charge in [-0.05, 0) is 42.0 Å². The minimum atomic E-state index is -0.731. The van der Waals surface area contributed by atoms with E-state index in [0.717, 1.165) is 10.8 Å². The number of rotatable bonds is 6. The Hall–Kier alpha value is -3.92. The number of ketones is 1. The lowest BCUT2D eigenvalue weighted by Gasteiger charge is -2.16. The predicted octanol–water partition coefficient (Wildman–Crippen LogP) is 5.48. The van der Waals surface area contributed by atoms with Crippen molar-refractivity contribution in [3.05, 3.63) is 108 Å². The van der Waals surface area contributed by atoms with Crippen LogP contribution in [0.4, 0.5) is 5.69 Å². The van der Waals surface area contributed by atoms with Gasteiger partial charge in [0.15, 0.2) is 11.9 Å². The topological polar surface area (TPSA) is 55.4 Å². The molecule has 0 bridgehead atoms. The zero-order valence-electron chi connectivity index (χ0n) is 16.5. The summed E-state index contributed by atoms with van der Waals surface area (Å²) in [6.07, 6.45) is -0.731. The second-order valence-electron chi connectivity index (χ2n) is 7.00. The molecular weight excluding hydrogens is 374 g/mol. The minimum Gasteiger partial charge on any atom is -0.481 e. The fourth-order valence-corrected chi connectivity index (χ4v) is 3.27. The van der Waals surface area contributed by atoms with Crippen molar-refractivity contribution in [1.29, 1.82) is 0 Å². The van der Waals surface area contributed by atoms with Crippen molar-refractivity contribution in [3.63, 3.8) is 0 Å². The van der Waals surface area contributed by atoms with E-state index in [9.17, 15) is 9.59 Å². The van der Waals surface area contributed by atoms with Crippen molar-refractivity contribution < 1.29 is 14.3 Å². The van der Waals surface area contributed by atoms with Crippen LogP contribution in [-0.2, 0) is 4.79 Å². The molecule has 1 amide bonds. The number of carbonyl (C=O) groups excluding carboxylic acids is 2. The smallest absolute Gasteiger partial charge is 0.265 e. The van der Waals surface area contributed by atoms with Crippen molar-refractivity contribution in [2.24, 2.45) is 0 Å². The van der Waals surface area contributed by atoms with E-state index in [1.807, 2.05) is 60.7 Å². The highest BCUT2D eigenvalue weighted by Crippen LogP contribution is 2.23. The Kier molecular flexibility index (Phi) is 5.57. The fourth-order valence-electron chi connectivity index (χ4n) is 3.27. The van der Waals surface area contributed by atoms with Crippen molar-refractivity contribution >= 4 is 28.2 Å². The number of para-hydroxylation sites is 1. The number of hydrogen-bond donors (Lipinski definition) is 1. The van der Waals surface area contributed by atoms with Crippen molar-refractivity contribution in [2.75, 3.05) is 5.32 Å². The Bertz CT molecular complexity index is 1200. The van der Waals surface area contributed by atoms with E-state index in [0.29, 0.717) is 22.6 Å². The average Bonchev–Trinajstić information content (AvgIpc) is 2.79. The van der Waals surface area contributed by atoms with Gasteiger partial charge in [0.2, 0.25) is 0 Å². The zero-order chi connectivity index (χ0) is 20.9. The standard InChI is InChI=1S/C26H21NO3/c1-18(30-22-16-15-19-9-5-6-12-21(19)17-22)26(29)27-24-14-8-7-13-23(24)25(28)20-10-3-2-4-11-20/h2-18H,1H3,(H,27,29)/t18-/m0/s1. The van der Waals surface area contributed by atoms with E-state index in [4.69, 9.17) is 4.74 Å². The molecule has 0 saturated heterocycles. The number of carbonyl (C=O) groups is 2. The van der Waals surface area contributed by atoms with E-state index in [1.54, 1.807) is 43.3 Å². The SMILES string of the molecule is C[C@H](Oc1ccc2ccccc2c1)C(=O)Nc1ccccc1C(=O)c1ccccc1. The maximum Gasteiger partial charge on any atom is 0.265 e. The summed E-state index contributed by atoms with van der Waals surface area (Å²) in [6.45, 7) is 1.69. The first-order valence-corrected chi connectivity index (χ1v) is 9.77. The van der Waals surface area contributed by atoms with Gasteiger partial charge < -0.3 is 10.1 Å². The molecule has 4 nitrogen and oxygen atoms in total. The van der Waals surface area contributed by atoms with Crippen LogP contribution in [0.5, 0.6) is 5.75 Å². The molecular formula is C26H21NO3. The van der Waals surface area contributed by atoms with Crippen LogP contribution in [0.25, 0.3) is 10.8 Å². The quantitative estimate of drug-likeness (QED) is 0.440. The van der Waals surface area contributed by atoms with Gasteiger partial charge in [0, 0.05) is 11.1 Å². The molecule has 30 heavy (non-hydrogen) atoms. The van der Waals surface area contributed by atoms with Crippen LogP contribution in [0, 0.1) is 0 Å². The van der Waals surface area contributed by atoms with Gasteiger partial charge in [-0.15, -0.1) is 0 Å². The summed E-state index contributed by atoms with van der Waals surface area (Å²) in [5.41, 5.74) is 1.47. The molecule has 0 radical (unpaired) electrons. The van der Waals surface area contributed by atoms with Crippen molar-refractivity contribution in [1.82, 2.24) is 0 Å². The van der Waals surface area contributed by atoms with E-state index in [1.165, 1.54) is 0 Å². The highest BCUT2D eigenvalue weighted by molar-refractivity contribution is 6.14. The molecule has 1 atom stereocenters. The Morgan fingerprint density at radius 2 is 1.43 bits per heavy atom. The molecule has 4 rings (SSSR count). The van der Waals surface area contributed by atoms with Gasteiger partial charge in [-0.1, -0.05) is 72.8 Å². The highest BCUT2D eigenvalue weighted by atomic mass is 16.5. The monoisotopic (exact) mass is 395 g/mol. The van der Waals surface area contributed by atoms with Crippen LogP contribution in [0.2, 0.25) is 0 Å². The second-order valence-corrected chi connectivity index (χ2v) is 7.00. The number of fused-ring (bicyclic) bond motifs is 1. The molecule has 4 aromatic carbocycles. The molecule has 1 N–H and O–H groups in total. The van der Waals surface area contributed by atoms with Crippen LogP contribution in [0.15, 0.2) is 97.1 Å². The number of hydrogen-bond acceptors (Lipinski definition) is 3. The fraction of sp³-hybridized carbons (Fsp3) is 0.0769. The van der Waals surface area contributed by atoms with Gasteiger partial charge in [0.25, 0.3) is 5.91 Å². The van der Waals surface area contributed by atoms with E-state index in [2.05, 4.69) is 5.32 Å². The molecule has 0 aliphatic heterocycles. The van der Waals surface area contributed by atoms with Gasteiger partial charge in [0.1, 0.15) is 5.75 Å². The Balaban J connectivity index is 1.50. The normalized spacial score (nSPS) is 11.6. The van der Waals surface area contributed by atoms with Crippen LogP contribution < -0.4 is 10.1 Å². The lowest BCUT2D eigenvalue weighted by Crippen LogP contribution is -2.30. The van der Waals surface area contributed by atoms with Crippen LogP contribution in [0.3, 0.4) is 0 Å². The number of anilines is 1. The highest BCUT2D eigenvalue weighted by Gasteiger charge is 2.19. The first-order chi connectivity index (χ1) is 14.6. The Morgan fingerprint density at radius 1 is 0.767 bits per heavy atom. The number of ether oxygens (including phenoxy) is 1.